The average molecular weight is 335 g/mol. The molecule has 0 unspecified atom stereocenters. The summed E-state index contributed by atoms with van der Waals surface area (Å²) in [6.07, 6.45) is -0.937. The van der Waals surface area contributed by atoms with Crippen molar-refractivity contribution in [1.82, 2.24) is 5.32 Å². The second-order valence-electron chi connectivity index (χ2n) is 7.16. The highest BCUT2D eigenvalue weighted by molar-refractivity contribution is 5.81. The van der Waals surface area contributed by atoms with Gasteiger partial charge in [-0.3, -0.25) is 0 Å². The number of nitrogens with one attached hydrogen (secondary N) is 1. The molecule has 0 fully saturated rings. The third-order valence-corrected chi connectivity index (χ3v) is 3.77. The first-order valence-electron chi connectivity index (χ1n) is 8.27. The summed E-state index contributed by atoms with van der Waals surface area (Å²) in [4.78, 5) is 23.9. The van der Waals surface area contributed by atoms with Crippen LogP contribution >= 0.6 is 0 Å². The topological polar surface area (TPSA) is 64.6 Å². The number of aryl methyl sites for hydroxylation is 1. The molecule has 3 atom stereocenters. The Bertz CT molecular complexity index is 577. The standard InChI is InChI=1S/C19H29NO4/c1-12-10-8-9-11-16(12)13(2)15(4)23-17(21)14(3)20-18(22)24-19(5,6)7/h8-11,13-15H,1-7H3,(H,20,22)/t13-,14+,15+/m1/s1. The molecule has 0 radical (unpaired) electrons. The maximum Gasteiger partial charge on any atom is 0.408 e. The molecular weight excluding hydrogens is 306 g/mol. The molecule has 1 aromatic rings. The van der Waals surface area contributed by atoms with Crippen molar-refractivity contribution in [2.75, 3.05) is 0 Å². The van der Waals surface area contributed by atoms with Crippen LogP contribution < -0.4 is 5.32 Å². The number of amides is 1. The van der Waals surface area contributed by atoms with Gasteiger partial charge in [-0.15, -0.1) is 0 Å². The maximum atomic E-state index is 12.2. The van der Waals surface area contributed by atoms with E-state index in [1.807, 2.05) is 45.0 Å². The van der Waals surface area contributed by atoms with Crippen LogP contribution in [-0.2, 0) is 14.3 Å². The van der Waals surface area contributed by atoms with Crippen LogP contribution in [0.2, 0.25) is 0 Å². The second kappa shape index (κ2) is 8.18. The first-order chi connectivity index (χ1) is 11.0. The van der Waals surface area contributed by atoms with E-state index >= 15 is 0 Å². The quantitative estimate of drug-likeness (QED) is 0.828. The van der Waals surface area contributed by atoms with E-state index in [4.69, 9.17) is 9.47 Å². The summed E-state index contributed by atoms with van der Waals surface area (Å²) in [5.74, 6) is -0.419. The van der Waals surface area contributed by atoms with Gasteiger partial charge in [0.2, 0.25) is 0 Å². The lowest BCUT2D eigenvalue weighted by molar-refractivity contribution is -0.151. The van der Waals surface area contributed by atoms with Crippen molar-refractivity contribution in [1.29, 1.82) is 0 Å². The molecular formula is C19H29NO4. The molecule has 0 saturated carbocycles. The van der Waals surface area contributed by atoms with Crippen LogP contribution in [0, 0.1) is 6.92 Å². The minimum Gasteiger partial charge on any atom is -0.461 e. The Hall–Kier alpha value is -2.04. The number of ether oxygens (including phenoxy) is 2. The lowest BCUT2D eigenvalue weighted by Crippen LogP contribution is -2.43. The van der Waals surface area contributed by atoms with E-state index in [1.165, 1.54) is 0 Å². The van der Waals surface area contributed by atoms with Crippen LogP contribution in [0.3, 0.4) is 0 Å². The molecule has 5 nitrogen and oxygen atoms in total. The largest absolute Gasteiger partial charge is 0.461 e. The predicted molar refractivity (Wildman–Crippen MR) is 94.0 cm³/mol. The Morgan fingerprint density at radius 3 is 2.21 bits per heavy atom. The normalized spacial score (nSPS) is 15.1. The van der Waals surface area contributed by atoms with Gasteiger partial charge >= 0.3 is 12.1 Å². The van der Waals surface area contributed by atoms with Crippen molar-refractivity contribution in [2.45, 2.75) is 72.1 Å². The Balaban J connectivity index is 2.60. The molecule has 134 valence electrons. The van der Waals surface area contributed by atoms with Gasteiger partial charge in [-0.1, -0.05) is 31.2 Å². The van der Waals surface area contributed by atoms with Gasteiger partial charge in [-0.05, 0) is 52.7 Å². The van der Waals surface area contributed by atoms with E-state index in [-0.39, 0.29) is 12.0 Å². The van der Waals surface area contributed by atoms with Crippen LogP contribution in [0.1, 0.15) is 58.6 Å². The van der Waals surface area contributed by atoms with Crippen molar-refractivity contribution in [3.8, 4) is 0 Å². The summed E-state index contributed by atoms with van der Waals surface area (Å²) in [6, 6.07) is 7.25. The van der Waals surface area contributed by atoms with Crippen LogP contribution in [-0.4, -0.2) is 29.8 Å². The summed E-state index contributed by atoms with van der Waals surface area (Å²) in [6.45, 7) is 12.8. The van der Waals surface area contributed by atoms with Gasteiger partial charge in [0.25, 0.3) is 0 Å². The zero-order valence-electron chi connectivity index (χ0n) is 15.7. The maximum absolute atomic E-state index is 12.2. The fraction of sp³-hybridized carbons (Fsp3) is 0.579. The number of alkyl carbamates (subject to hydrolysis) is 1. The van der Waals surface area contributed by atoms with E-state index in [9.17, 15) is 9.59 Å². The zero-order chi connectivity index (χ0) is 18.5. The molecule has 0 bridgehead atoms. The smallest absolute Gasteiger partial charge is 0.408 e. The third-order valence-electron chi connectivity index (χ3n) is 3.77. The van der Waals surface area contributed by atoms with Crippen LogP contribution in [0.15, 0.2) is 24.3 Å². The summed E-state index contributed by atoms with van der Waals surface area (Å²) in [5, 5.41) is 2.50. The van der Waals surface area contributed by atoms with Crippen LogP contribution in [0.5, 0.6) is 0 Å². The summed E-state index contributed by atoms with van der Waals surface area (Å²) in [7, 11) is 0. The number of hydrogen-bond acceptors (Lipinski definition) is 4. The molecule has 0 aliphatic carbocycles. The van der Waals surface area contributed by atoms with Crippen molar-refractivity contribution in [3.63, 3.8) is 0 Å². The van der Waals surface area contributed by atoms with E-state index in [0.717, 1.165) is 11.1 Å². The summed E-state index contributed by atoms with van der Waals surface area (Å²) < 4.78 is 10.6. The number of hydrogen-bond donors (Lipinski definition) is 1. The van der Waals surface area contributed by atoms with Gasteiger partial charge in [0.1, 0.15) is 17.7 Å². The predicted octanol–water partition coefficient (Wildman–Crippen LogP) is 3.94. The molecule has 0 aliphatic rings. The molecule has 1 aromatic carbocycles. The molecule has 1 amide bonds. The molecule has 0 spiro atoms. The Morgan fingerprint density at radius 1 is 1.08 bits per heavy atom. The average Bonchev–Trinajstić information content (AvgIpc) is 2.44. The Kier molecular flexibility index (Phi) is 6.81. The van der Waals surface area contributed by atoms with E-state index in [0.29, 0.717) is 0 Å². The van der Waals surface area contributed by atoms with Crippen molar-refractivity contribution in [3.05, 3.63) is 35.4 Å². The fourth-order valence-electron chi connectivity index (χ4n) is 2.28. The molecule has 0 aromatic heterocycles. The van der Waals surface area contributed by atoms with Gasteiger partial charge in [0, 0.05) is 5.92 Å². The first kappa shape index (κ1) is 20.0. The highest BCUT2D eigenvalue weighted by Crippen LogP contribution is 2.24. The summed E-state index contributed by atoms with van der Waals surface area (Å²) >= 11 is 0. The van der Waals surface area contributed by atoms with Gasteiger partial charge in [-0.25, -0.2) is 9.59 Å². The highest BCUT2D eigenvalue weighted by atomic mass is 16.6. The number of rotatable bonds is 5. The van der Waals surface area contributed by atoms with Gasteiger partial charge < -0.3 is 14.8 Å². The van der Waals surface area contributed by atoms with Crippen molar-refractivity contribution >= 4 is 12.1 Å². The molecule has 1 N–H and O–H groups in total. The third kappa shape index (κ3) is 6.22. The first-order valence-corrected chi connectivity index (χ1v) is 8.27. The minimum absolute atomic E-state index is 0.0591. The fourth-order valence-corrected chi connectivity index (χ4v) is 2.28. The Morgan fingerprint density at radius 2 is 1.67 bits per heavy atom. The zero-order valence-corrected chi connectivity index (χ0v) is 15.7. The molecule has 1 rings (SSSR count). The van der Waals surface area contributed by atoms with Gasteiger partial charge in [-0.2, -0.15) is 0 Å². The second-order valence-corrected chi connectivity index (χ2v) is 7.16. The summed E-state index contributed by atoms with van der Waals surface area (Å²) in [5.41, 5.74) is 1.69. The molecule has 0 saturated heterocycles. The SMILES string of the molecule is Cc1ccccc1[C@H](C)[C@H](C)OC(=O)[C@H](C)NC(=O)OC(C)(C)C. The highest BCUT2D eigenvalue weighted by Gasteiger charge is 2.25. The molecule has 0 heterocycles. The van der Waals surface area contributed by atoms with Gasteiger partial charge in [0.05, 0.1) is 0 Å². The number of carbonyl (C=O) groups excluding carboxylic acids is 2. The molecule has 0 aliphatic heterocycles. The number of benzene rings is 1. The Labute approximate surface area is 144 Å². The minimum atomic E-state index is -0.772. The van der Waals surface area contributed by atoms with Crippen LogP contribution in [0.25, 0.3) is 0 Å². The van der Waals surface area contributed by atoms with Crippen molar-refractivity contribution in [2.24, 2.45) is 0 Å². The van der Waals surface area contributed by atoms with E-state index in [2.05, 4.69) is 5.32 Å². The molecule has 24 heavy (non-hydrogen) atoms. The lowest BCUT2D eigenvalue weighted by Gasteiger charge is -2.25. The van der Waals surface area contributed by atoms with E-state index < -0.39 is 23.7 Å². The number of carbonyl (C=O) groups is 2. The van der Waals surface area contributed by atoms with Gasteiger partial charge in [0.15, 0.2) is 0 Å². The monoisotopic (exact) mass is 335 g/mol. The molecule has 5 heteroatoms. The lowest BCUT2D eigenvalue weighted by atomic mass is 9.92. The number of esters is 1. The van der Waals surface area contributed by atoms with Crippen molar-refractivity contribution < 1.29 is 19.1 Å². The van der Waals surface area contributed by atoms with E-state index in [1.54, 1.807) is 27.7 Å². The van der Waals surface area contributed by atoms with Crippen LogP contribution in [0.4, 0.5) is 4.79 Å².